The van der Waals surface area contributed by atoms with Crippen molar-refractivity contribution in [2.75, 3.05) is 19.0 Å². The number of benzene rings is 4. The van der Waals surface area contributed by atoms with Crippen LogP contribution in [0.5, 0.6) is 17.2 Å². The Morgan fingerprint density at radius 3 is 2.41 bits per heavy atom. The maximum Gasteiger partial charge on any atom is 0.271 e. The van der Waals surface area contributed by atoms with Crippen molar-refractivity contribution in [1.82, 2.24) is 4.57 Å². The standard InChI is InChI=1S/C37H32N4O7S/c1-4-47-29-17-13-26(14-18-29)34-33(35(42)39-27-8-6-5-7-9-27)23(2)38-37-40(34)36(43)32(49-37)21-25-12-19-30(31(20-25)46-3)48-22-24-10-15-28(16-11-24)41(44)45/h5-21,34H,4,22H2,1-3H3,(H,39,42)/b32-21-/t34-/m1/s1. The van der Waals surface area contributed by atoms with Crippen LogP contribution in [0.4, 0.5) is 11.4 Å². The van der Waals surface area contributed by atoms with Crippen LogP contribution in [0.25, 0.3) is 6.08 Å². The molecule has 1 atom stereocenters. The van der Waals surface area contributed by atoms with Gasteiger partial charge in [-0.25, -0.2) is 4.99 Å². The Labute approximate surface area is 285 Å². The Hall–Kier alpha value is -6.01. The van der Waals surface area contributed by atoms with Crippen LogP contribution in [0.15, 0.2) is 118 Å². The summed E-state index contributed by atoms with van der Waals surface area (Å²) in [5.74, 6) is 1.25. The predicted molar refractivity (Wildman–Crippen MR) is 187 cm³/mol. The van der Waals surface area contributed by atoms with Crippen LogP contribution >= 0.6 is 11.3 Å². The number of fused-ring (bicyclic) bond motifs is 1. The number of ether oxygens (including phenoxy) is 3. The summed E-state index contributed by atoms with van der Waals surface area (Å²) in [4.78, 5) is 43.7. The number of carbonyl (C=O) groups excluding carboxylic acids is 1. The zero-order valence-corrected chi connectivity index (χ0v) is 27.7. The number of nitro groups is 1. The van der Waals surface area contributed by atoms with Gasteiger partial charge in [-0.1, -0.05) is 47.7 Å². The van der Waals surface area contributed by atoms with E-state index in [2.05, 4.69) is 5.32 Å². The summed E-state index contributed by atoms with van der Waals surface area (Å²) >= 11 is 1.23. The predicted octanol–water partition coefficient (Wildman–Crippen LogP) is 5.77. The van der Waals surface area contributed by atoms with Crippen LogP contribution in [-0.4, -0.2) is 29.1 Å². The number of non-ortho nitro benzene ring substituents is 1. The molecule has 0 saturated carbocycles. The molecule has 1 aliphatic heterocycles. The third kappa shape index (κ3) is 7.14. The fraction of sp³-hybridized carbons (Fsp3) is 0.162. The molecule has 0 radical (unpaired) electrons. The molecule has 1 aliphatic rings. The molecule has 0 saturated heterocycles. The number of carbonyl (C=O) groups is 1. The van der Waals surface area contributed by atoms with Gasteiger partial charge in [0.1, 0.15) is 12.4 Å². The molecular weight excluding hydrogens is 644 g/mol. The molecule has 11 nitrogen and oxygen atoms in total. The third-order valence-corrected chi connectivity index (χ3v) is 8.81. The van der Waals surface area contributed by atoms with E-state index in [9.17, 15) is 19.7 Å². The van der Waals surface area contributed by atoms with Crippen LogP contribution in [0, 0.1) is 10.1 Å². The monoisotopic (exact) mass is 676 g/mol. The van der Waals surface area contributed by atoms with Gasteiger partial charge in [0.25, 0.3) is 17.2 Å². The van der Waals surface area contributed by atoms with Crippen molar-refractivity contribution in [3.8, 4) is 17.2 Å². The average molecular weight is 677 g/mol. The molecule has 2 heterocycles. The van der Waals surface area contributed by atoms with E-state index in [1.807, 2.05) is 49.4 Å². The fourth-order valence-electron chi connectivity index (χ4n) is 5.48. The number of nitrogens with zero attached hydrogens (tertiary/aromatic N) is 3. The molecule has 6 rings (SSSR count). The number of amides is 1. The van der Waals surface area contributed by atoms with Gasteiger partial charge in [-0.2, -0.15) is 0 Å². The molecule has 1 amide bonds. The van der Waals surface area contributed by atoms with E-state index in [0.717, 1.165) is 11.1 Å². The number of thiazole rings is 1. The number of allylic oxidation sites excluding steroid dienone is 1. The number of aromatic nitrogens is 1. The maximum absolute atomic E-state index is 14.2. The van der Waals surface area contributed by atoms with Crippen LogP contribution < -0.4 is 34.4 Å². The topological polar surface area (TPSA) is 134 Å². The highest BCUT2D eigenvalue weighted by Gasteiger charge is 2.32. The smallest absolute Gasteiger partial charge is 0.271 e. The Bertz CT molecular complexity index is 2230. The number of hydrogen-bond acceptors (Lipinski definition) is 9. The number of nitrogens with one attached hydrogen (secondary N) is 1. The van der Waals surface area contributed by atoms with Crippen molar-refractivity contribution >= 4 is 34.7 Å². The van der Waals surface area contributed by atoms with Gasteiger partial charge in [0.2, 0.25) is 0 Å². The first-order valence-electron chi connectivity index (χ1n) is 15.4. The molecule has 0 spiro atoms. The van der Waals surface area contributed by atoms with Gasteiger partial charge in [-0.05, 0) is 85.1 Å². The van der Waals surface area contributed by atoms with E-state index in [-0.39, 0.29) is 23.8 Å². The van der Waals surface area contributed by atoms with Crippen LogP contribution in [-0.2, 0) is 11.4 Å². The van der Waals surface area contributed by atoms with Crippen molar-refractivity contribution in [2.45, 2.75) is 26.5 Å². The molecule has 12 heteroatoms. The second kappa shape index (κ2) is 14.4. The van der Waals surface area contributed by atoms with E-state index in [1.165, 1.54) is 30.6 Å². The minimum atomic E-state index is -0.734. The Balaban J connectivity index is 1.35. The number of para-hydroxylation sites is 1. The van der Waals surface area contributed by atoms with Gasteiger partial charge in [0.05, 0.1) is 40.5 Å². The molecule has 5 aromatic rings. The fourth-order valence-corrected chi connectivity index (χ4v) is 6.53. The minimum Gasteiger partial charge on any atom is -0.494 e. The number of nitro benzene ring substituents is 1. The highest BCUT2D eigenvalue weighted by Crippen LogP contribution is 2.32. The maximum atomic E-state index is 14.2. The lowest BCUT2D eigenvalue weighted by atomic mass is 9.95. The van der Waals surface area contributed by atoms with Crippen LogP contribution in [0.2, 0.25) is 0 Å². The Morgan fingerprint density at radius 1 is 1.00 bits per heavy atom. The zero-order valence-electron chi connectivity index (χ0n) is 26.9. The van der Waals surface area contributed by atoms with Gasteiger partial charge < -0.3 is 19.5 Å². The van der Waals surface area contributed by atoms with Crippen molar-refractivity contribution in [3.05, 3.63) is 155 Å². The average Bonchev–Trinajstić information content (AvgIpc) is 3.41. The van der Waals surface area contributed by atoms with Crippen LogP contribution in [0.1, 0.15) is 36.6 Å². The van der Waals surface area contributed by atoms with E-state index >= 15 is 0 Å². The molecule has 0 fully saturated rings. The second-order valence-corrected chi connectivity index (χ2v) is 12.0. The number of anilines is 1. The van der Waals surface area contributed by atoms with Gasteiger partial charge in [0.15, 0.2) is 16.3 Å². The lowest BCUT2D eigenvalue weighted by Gasteiger charge is -2.25. The number of methoxy groups -OCH3 is 1. The number of hydrogen-bond donors (Lipinski definition) is 1. The summed E-state index contributed by atoms with van der Waals surface area (Å²) in [6.07, 6.45) is 1.75. The second-order valence-electron chi connectivity index (χ2n) is 11.0. The normalized spacial score (nSPS) is 14.1. The molecule has 0 unspecified atom stereocenters. The van der Waals surface area contributed by atoms with Crippen LogP contribution in [0.3, 0.4) is 0 Å². The van der Waals surface area contributed by atoms with E-state index in [4.69, 9.17) is 19.2 Å². The third-order valence-electron chi connectivity index (χ3n) is 7.83. The summed E-state index contributed by atoms with van der Waals surface area (Å²) in [5.41, 5.74) is 3.40. The van der Waals surface area contributed by atoms with Crippen molar-refractivity contribution in [3.63, 3.8) is 0 Å². The van der Waals surface area contributed by atoms with Gasteiger partial charge >= 0.3 is 0 Å². The van der Waals surface area contributed by atoms with E-state index in [1.54, 1.807) is 60.0 Å². The summed E-state index contributed by atoms with van der Waals surface area (Å²) in [6, 6.07) is 27.2. The number of rotatable bonds is 11. The van der Waals surface area contributed by atoms with E-state index < -0.39 is 11.0 Å². The minimum absolute atomic E-state index is 0.00333. The molecule has 0 bridgehead atoms. The van der Waals surface area contributed by atoms with Crippen molar-refractivity contribution in [1.29, 1.82) is 0 Å². The molecular formula is C37H32N4O7S. The lowest BCUT2D eigenvalue weighted by Crippen LogP contribution is -2.40. The zero-order chi connectivity index (χ0) is 34.5. The van der Waals surface area contributed by atoms with E-state index in [0.29, 0.717) is 55.7 Å². The summed E-state index contributed by atoms with van der Waals surface area (Å²) in [5, 5.41) is 13.9. The molecule has 1 N–H and O–H groups in total. The molecule has 248 valence electrons. The first-order chi connectivity index (χ1) is 23.7. The lowest BCUT2D eigenvalue weighted by molar-refractivity contribution is -0.384. The summed E-state index contributed by atoms with van der Waals surface area (Å²) < 4.78 is 19.2. The van der Waals surface area contributed by atoms with Gasteiger partial charge in [0, 0.05) is 17.8 Å². The van der Waals surface area contributed by atoms with Gasteiger partial charge in [-0.3, -0.25) is 24.3 Å². The van der Waals surface area contributed by atoms with Crippen molar-refractivity contribution < 1.29 is 23.9 Å². The summed E-state index contributed by atoms with van der Waals surface area (Å²) in [7, 11) is 1.52. The largest absolute Gasteiger partial charge is 0.494 e. The molecule has 49 heavy (non-hydrogen) atoms. The Kier molecular flexibility index (Phi) is 9.67. The summed E-state index contributed by atoms with van der Waals surface area (Å²) in [6.45, 7) is 4.37. The molecule has 0 aliphatic carbocycles. The molecule has 4 aromatic carbocycles. The first kappa shape index (κ1) is 32.9. The highest BCUT2D eigenvalue weighted by molar-refractivity contribution is 7.07. The first-order valence-corrected chi connectivity index (χ1v) is 16.2. The molecule has 1 aromatic heterocycles. The highest BCUT2D eigenvalue weighted by atomic mass is 32.1. The Morgan fingerprint density at radius 2 is 1.73 bits per heavy atom. The SMILES string of the molecule is CCOc1ccc([C@@H]2C(C(=O)Nc3ccccc3)=C(C)N=c3s/c(=C\c4ccc(OCc5ccc([N+](=O)[O-])cc5)c(OC)c4)c(=O)n32)cc1. The van der Waals surface area contributed by atoms with Gasteiger partial charge in [-0.15, -0.1) is 0 Å². The van der Waals surface area contributed by atoms with Crippen molar-refractivity contribution in [2.24, 2.45) is 4.99 Å². The quantitative estimate of drug-likeness (QED) is 0.139.